The molecule has 46 heavy (non-hydrogen) atoms. The number of urea groups is 1. The molecule has 0 unspecified atom stereocenters. The van der Waals surface area contributed by atoms with Crippen molar-refractivity contribution in [2.24, 2.45) is 0 Å². The zero-order chi connectivity index (χ0) is 33.0. The van der Waals surface area contributed by atoms with E-state index in [-0.39, 0.29) is 50.3 Å². The van der Waals surface area contributed by atoms with E-state index in [9.17, 15) is 24.0 Å². The lowest BCUT2D eigenvalue weighted by Gasteiger charge is -2.27. The van der Waals surface area contributed by atoms with Gasteiger partial charge in [-0.1, -0.05) is 32.6 Å². The fourth-order valence-electron chi connectivity index (χ4n) is 5.71. The molecule has 3 aliphatic rings. The SMILES string of the molecule is CCCCCCN1C(=O)N[C@H]2CS[C@@H](CCCCC(=O)CCCOCCOCCOCCOCCC(=O)ON3C(=O)CCC3=O)[C@H]21. The molecule has 262 valence electrons. The van der Waals surface area contributed by atoms with E-state index in [1.165, 1.54) is 19.3 Å². The van der Waals surface area contributed by atoms with Crippen LogP contribution in [-0.2, 0) is 43.0 Å². The van der Waals surface area contributed by atoms with Gasteiger partial charge in [0.15, 0.2) is 0 Å². The van der Waals surface area contributed by atoms with Gasteiger partial charge in [-0.05, 0) is 25.7 Å². The molecule has 3 aliphatic heterocycles. The summed E-state index contributed by atoms with van der Waals surface area (Å²) < 4.78 is 21.7. The number of amides is 4. The molecule has 0 aromatic carbocycles. The number of nitrogens with zero attached hydrogens (tertiary/aromatic N) is 2. The number of rotatable bonds is 27. The van der Waals surface area contributed by atoms with Gasteiger partial charge in [0, 0.05) is 49.8 Å². The van der Waals surface area contributed by atoms with Crippen LogP contribution in [0, 0.1) is 0 Å². The van der Waals surface area contributed by atoms with Crippen molar-refractivity contribution in [3.8, 4) is 0 Å². The number of thioether (sulfide) groups is 1. The summed E-state index contributed by atoms with van der Waals surface area (Å²) in [5.41, 5.74) is 0. The lowest BCUT2D eigenvalue weighted by atomic mass is 10.0. The second-order valence-electron chi connectivity index (χ2n) is 11.8. The molecule has 3 atom stereocenters. The first kappa shape index (κ1) is 38.2. The molecule has 0 aromatic heterocycles. The van der Waals surface area contributed by atoms with E-state index in [1.54, 1.807) is 0 Å². The number of ether oxygens (including phenoxy) is 4. The van der Waals surface area contributed by atoms with Crippen molar-refractivity contribution >= 4 is 41.4 Å². The highest BCUT2D eigenvalue weighted by Gasteiger charge is 2.47. The van der Waals surface area contributed by atoms with Crippen molar-refractivity contribution in [1.29, 1.82) is 0 Å². The Morgan fingerprint density at radius 2 is 1.39 bits per heavy atom. The molecule has 3 saturated heterocycles. The van der Waals surface area contributed by atoms with Gasteiger partial charge < -0.3 is 34.0 Å². The molecule has 0 radical (unpaired) electrons. The molecular formula is C32H53N3O10S. The molecule has 1 N–H and O–H groups in total. The maximum atomic E-state index is 12.5. The minimum Gasteiger partial charge on any atom is -0.379 e. The van der Waals surface area contributed by atoms with Crippen LogP contribution in [0.4, 0.5) is 4.79 Å². The summed E-state index contributed by atoms with van der Waals surface area (Å²) in [6.07, 6.45) is 9.50. The van der Waals surface area contributed by atoms with Gasteiger partial charge in [0.25, 0.3) is 11.8 Å². The van der Waals surface area contributed by atoms with E-state index in [4.69, 9.17) is 23.8 Å². The molecule has 3 rings (SSSR count). The number of fused-ring (bicyclic) bond motifs is 1. The average molecular weight is 672 g/mol. The van der Waals surface area contributed by atoms with E-state index < -0.39 is 17.8 Å². The first-order chi connectivity index (χ1) is 22.4. The average Bonchev–Trinajstić information content (AvgIpc) is 3.68. The van der Waals surface area contributed by atoms with Crippen molar-refractivity contribution in [3.63, 3.8) is 0 Å². The minimum atomic E-state index is -0.697. The van der Waals surface area contributed by atoms with E-state index >= 15 is 0 Å². The summed E-state index contributed by atoms with van der Waals surface area (Å²) in [6, 6.07) is 0.664. The molecule has 0 bridgehead atoms. The highest BCUT2D eigenvalue weighted by atomic mass is 32.2. The van der Waals surface area contributed by atoms with Crippen LogP contribution in [0.1, 0.15) is 90.4 Å². The van der Waals surface area contributed by atoms with E-state index in [0.29, 0.717) is 75.3 Å². The number of hydrogen-bond donors (Lipinski definition) is 1. The zero-order valence-corrected chi connectivity index (χ0v) is 28.2. The third kappa shape index (κ3) is 13.8. The Labute approximate surface area is 277 Å². The molecule has 0 aromatic rings. The van der Waals surface area contributed by atoms with Gasteiger partial charge >= 0.3 is 12.0 Å². The second kappa shape index (κ2) is 22.3. The molecule has 0 aliphatic carbocycles. The summed E-state index contributed by atoms with van der Waals surface area (Å²) in [5, 5.41) is 4.16. The molecule has 0 saturated carbocycles. The van der Waals surface area contributed by atoms with Crippen LogP contribution in [0.25, 0.3) is 0 Å². The summed E-state index contributed by atoms with van der Waals surface area (Å²) in [6.45, 7) is 6.00. The van der Waals surface area contributed by atoms with Crippen molar-refractivity contribution < 1.29 is 47.8 Å². The van der Waals surface area contributed by atoms with Gasteiger partial charge in [-0.3, -0.25) is 14.4 Å². The van der Waals surface area contributed by atoms with Crippen LogP contribution in [0.5, 0.6) is 0 Å². The topological polar surface area (TPSA) is 150 Å². The van der Waals surface area contributed by atoms with Crippen LogP contribution in [0.2, 0.25) is 0 Å². The third-order valence-corrected chi connectivity index (χ3v) is 9.66. The molecule has 0 spiro atoms. The van der Waals surface area contributed by atoms with Crippen LogP contribution in [0.3, 0.4) is 0 Å². The zero-order valence-electron chi connectivity index (χ0n) is 27.4. The Hall–Kier alpha value is -2.26. The highest BCUT2D eigenvalue weighted by Crippen LogP contribution is 2.37. The Morgan fingerprint density at radius 1 is 0.761 bits per heavy atom. The number of carbonyl (C=O) groups excluding carboxylic acids is 5. The van der Waals surface area contributed by atoms with Gasteiger partial charge in [-0.25, -0.2) is 9.59 Å². The van der Waals surface area contributed by atoms with Crippen molar-refractivity contribution in [2.45, 2.75) is 108 Å². The number of nitrogens with one attached hydrogen (secondary N) is 1. The molecule has 13 nitrogen and oxygen atoms in total. The lowest BCUT2D eigenvalue weighted by molar-refractivity contribution is -0.198. The largest absolute Gasteiger partial charge is 0.379 e. The van der Waals surface area contributed by atoms with Crippen LogP contribution in [-0.4, -0.2) is 122 Å². The number of hydroxylamine groups is 2. The van der Waals surface area contributed by atoms with E-state index in [1.807, 2.05) is 11.8 Å². The Balaban J connectivity index is 1.05. The predicted molar refractivity (Wildman–Crippen MR) is 171 cm³/mol. The lowest BCUT2D eigenvalue weighted by Crippen LogP contribution is -2.41. The summed E-state index contributed by atoms with van der Waals surface area (Å²) >= 11 is 1.97. The molecular weight excluding hydrogens is 618 g/mol. The number of unbranched alkanes of at least 4 members (excludes halogenated alkanes) is 4. The number of hydrogen-bond acceptors (Lipinski definition) is 11. The van der Waals surface area contributed by atoms with Gasteiger partial charge in [-0.2, -0.15) is 11.8 Å². The fraction of sp³-hybridized carbons (Fsp3) is 0.844. The highest BCUT2D eigenvalue weighted by molar-refractivity contribution is 8.00. The normalized spacial score (nSPS) is 20.9. The van der Waals surface area contributed by atoms with Gasteiger partial charge in [0.2, 0.25) is 0 Å². The van der Waals surface area contributed by atoms with Crippen molar-refractivity contribution in [2.75, 3.05) is 65.2 Å². The van der Waals surface area contributed by atoms with E-state index in [2.05, 4.69) is 17.1 Å². The minimum absolute atomic E-state index is 0.0600. The Bertz CT molecular complexity index is 954. The number of imide groups is 1. The fourth-order valence-corrected chi connectivity index (χ4v) is 7.31. The van der Waals surface area contributed by atoms with E-state index in [0.717, 1.165) is 38.0 Å². The van der Waals surface area contributed by atoms with Gasteiger partial charge in [0.1, 0.15) is 5.78 Å². The summed E-state index contributed by atoms with van der Waals surface area (Å²) in [7, 11) is 0. The third-order valence-electron chi connectivity index (χ3n) is 8.17. The number of carbonyl (C=O) groups is 5. The summed E-state index contributed by atoms with van der Waals surface area (Å²) in [4.78, 5) is 66.1. The van der Waals surface area contributed by atoms with Crippen LogP contribution in [0.15, 0.2) is 0 Å². The summed E-state index contributed by atoms with van der Waals surface area (Å²) in [5.74, 6) is -0.448. The monoisotopic (exact) mass is 671 g/mol. The smallest absolute Gasteiger partial charge is 0.335 e. The second-order valence-corrected chi connectivity index (χ2v) is 13.1. The van der Waals surface area contributed by atoms with Crippen molar-refractivity contribution in [1.82, 2.24) is 15.3 Å². The number of Topliss-reactive ketones (excluding diaryl/α,β-unsaturated/α-hetero) is 1. The van der Waals surface area contributed by atoms with Crippen LogP contribution >= 0.6 is 11.8 Å². The van der Waals surface area contributed by atoms with Gasteiger partial charge in [0.05, 0.1) is 64.8 Å². The predicted octanol–water partition coefficient (Wildman–Crippen LogP) is 3.42. The molecule has 4 amide bonds. The van der Waals surface area contributed by atoms with Crippen molar-refractivity contribution in [3.05, 3.63) is 0 Å². The first-order valence-electron chi connectivity index (χ1n) is 17.0. The first-order valence-corrected chi connectivity index (χ1v) is 18.0. The maximum Gasteiger partial charge on any atom is 0.335 e. The molecule has 3 fully saturated rings. The standard InChI is InChI=1S/C32H53N3O10S/c1-2-3-4-7-15-34-31-26(33-32(34)40)24-46-27(31)11-6-5-9-25(36)10-8-16-41-18-20-43-22-23-44-21-19-42-17-14-30(39)45-35-28(37)12-13-29(35)38/h26-27,31H,2-24H2,1H3,(H,33,40)/t26-,27-,31-/m0/s1. The van der Waals surface area contributed by atoms with Gasteiger partial charge in [-0.15, -0.1) is 5.06 Å². The quantitative estimate of drug-likeness (QED) is 0.0778. The Kier molecular flexibility index (Phi) is 18.5. The Morgan fingerprint density at radius 3 is 2.07 bits per heavy atom. The number of ketones is 1. The molecule has 14 heteroatoms. The van der Waals surface area contributed by atoms with Crippen LogP contribution < -0.4 is 5.32 Å². The molecule has 3 heterocycles. The maximum absolute atomic E-state index is 12.5.